The van der Waals surface area contributed by atoms with E-state index in [1.165, 1.54) is 7.11 Å². The Bertz CT molecular complexity index is 1350. The molecule has 3 aromatic rings. The van der Waals surface area contributed by atoms with Crippen LogP contribution in [0.25, 0.3) is 0 Å². The average molecular weight is 564 g/mol. The molecule has 0 saturated carbocycles. The van der Waals surface area contributed by atoms with Crippen molar-refractivity contribution in [2.24, 2.45) is 5.92 Å². The Kier molecular flexibility index (Phi) is 11.0. The molecule has 2 N–H and O–H groups in total. The van der Waals surface area contributed by atoms with Crippen LogP contribution in [0.4, 0.5) is 0 Å². The second-order valence-corrected chi connectivity index (χ2v) is 10.6. The molecule has 0 aliphatic carbocycles. The first-order valence-corrected chi connectivity index (χ1v) is 13.7. The van der Waals surface area contributed by atoms with Crippen LogP contribution in [0.3, 0.4) is 0 Å². The van der Waals surface area contributed by atoms with E-state index in [4.69, 9.17) is 18.9 Å². The third-order valence-electron chi connectivity index (χ3n) is 6.77. The number of rotatable bonds is 14. The monoisotopic (exact) mass is 563 g/mol. The van der Waals surface area contributed by atoms with Gasteiger partial charge in [-0.15, -0.1) is 0 Å². The second-order valence-electron chi connectivity index (χ2n) is 10.6. The van der Waals surface area contributed by atoms with Crippen molar-refractivity contribution in [2.75, 3.05) is 21.3 Å². The number of carbonyl (C=O) groups excluding carboxylic acids is 1. The number of hydrogen-bond donors (Lipinski definition) is 2. The number of ether oxygens (including phenoxy) is 4. The summed E-state index contributed by atoms with van der Waals surface area (Å²) in [6, 6.07) is 14.9. The summed E-state index contributed by atoms with van der Waals surface area (Å²) in [7, 11) is 4.64. The van der Waals surface area contributed by atoms with Gasteiger partial charge >= 0.3 is 5.97 Å². The maximum atomic E-state index is 13.8. The Labute approximate surface area is 242 Å². The van der Waals surface area contributed by atoms with Crippen LogP contribution in [-0.2, 0) is 17.8 Å². The van der Waals surface area contributed by atoms with Crippen LogP contribution < -0.4 is 24.3 Å². The minimum atomic E-state index is -0.926. The van der Waals surface area contributed by atoms with E-state index in [9.17, 15) is 14.7 Å². The number of carboxylic acids is 1. The lowest BCUT2D eigenvalue weighted by atomic mass is 9.93. The summed E-state index contributed by atoms with van der Waals surface area (Å²) in [6.07, 6.45) is 0.893. The lowest BCUT2D eigenvalue weighted by Crippen LogP contribution is -2.30. The molecular weight excluding hydrogens is 522 g/mol. The van der Waals surface area contributed by atoms with Crippen molar-refractivity contribution >= 4 is 11.9 Å². The van der Waals surface area contributed by atoms with Crippen LogP contribution in [0, 0.1) is 19.8 Å². The van der Waals surface area contributed by atoms with Crippen LogP contribution in [0.1, 0.15) is 70.9 Å². The molecule has 0 aliphatic rings. The standard InChI is InChI=1S/C33H41NO7/c1-20(2)14-28(25-16-21(3)15-22(4)17-25)34-33(37)27-18-26(11-8-23(27)10-13-30(35)36)41-19-24-9-12-29(38-5)32(40-7)31(24)39-6/h8-9,11-12,15-18,20,28H,10,13-14,19H2,1-7H3,(H,34,37)(H,35,36). The highest BCUT2D eigenvalue weighted by molar-refractivity contribution is 5.96. The number of nitrogens with one attached hydrogen (secondary N) is 1. The molecule has 1 unspecified atom stereocenters. The Morgan fingerprint density at radius 1 is 0.854 bits per heavy atom. The lowest BCUT2D eigenvalue weighted by Gasteiger charge is -2.23. The van der Waals surface area contributed by atoms with Gasteiger partial charge in [-0.25, -0.2) is 0 Å². The second kappa shape index (κ2) is 14.4. The predicted octanol–water partition coefficient (Wildman–Crippen LogP) is 6.44. The van der Waals surface area contributed by atoms with E-state index in [-0.39, 0.29) is 31.4 Å². The number of hydrogen-bond acceptors (Lipinski definition) is 6. The Morgan fingerprint density at radius 2 is 1.51 bits per heavy atom. The molecule has 0 heterocycles. The number of benzene rings is 3. The van der Waals surface area contributed by atoms with Crippen LogP contribution in [0.15, 0.2) is 48.5 Å². The van der Waals surface area contributed by atoms with Gasteiger partial charge < -0.3 is 29.4 Å². The smallest absolute Gasteiger partial charge is 0.303 e. The van der Waals surface area contributed by atoms with E-state index in [0.717, 1.165) is 28.7 Å². The molecule has 0 spiro atoms. The van der Waals surface area contributed by atoms with Crippen LogP contribution in [-0.4, -0.2) is 38.3 Å². The molecular formula is C33H41NO7. The number of methoxy groups -OCH3 is 3. The first-order valence-electron chi connectivity index (χ1n) is 13.7. The number of aryl methyl sites for hydroxylation is 3. The highest BCUT2D eigenvalue weighted by Crippen LogP contribution is 2.40. The molecule has 41 heavy (non-hydrogen) atoms. The minimum Gasteiger partial charge on any atom is -0.493 e. The third-order valence-corrected chi connectivity index (χ3v) is 6.77. The zero-order valence-corrected chi connectivity index (χ0v) is 25.0. The molecule has 8 heteroatoms. The van der Waals surface area contributed by atoms with Crippen molar-refractivity contribution in [2.45, 2.75) is 59.6 Å². The van der Waals surface area contributed by atoms with Crippen molar-refractivity contribution in [3.8, 4) is 23.0 Å². The highest BCUT2D eigenvalue weighted by Gasteiger charge is 2.21. The molecule has 220 valence electrons. The summed E-state index contributed by atoms with van der Waals surface area (Å²) in [5, 5.41) is 12.5. The van der Waals surface area contributed by atoms with Crippen molar-refractivity contribution in [3.63, 3.8) is 0 Å². The average Bonchev–Trinajstić information content (AvgIpc) is 2.93. The fourth-order valence-electron chi connectivity index (χ4n) is 4.95. The number of aliphatic carboxylic acids is 1. The minimum absolute atomic E-state index is 0.0875. The van der Waals surface area contributed by atoms with Gasteiger partial charge in [-0.1, -0.05) is 49.2 Å². The first-order chi connectivity index (χ1) is 19.6. The number of carboxylic acid groups (broad SMARTS) is 1. The van der Waals surface area contributed by atoms with Crippen molar-refractivity contribution in [3.05, 3.63) is 81.9 Å². The topological polar surface area (TPSA) is 103 Å². The van der Waals surface area contributed by atoms with Crippen LogP contribution in [0.5, 0.6) is 23.0 Å². The highest BCUT2D eigenvalue weighted by atomic mass is 16.5. The summed E-state index contributed by atoms with van der Waals surface area (Å²) in [5.41, 5.74) is 5.07. The first kappa shape index (κ1) is 31.3. The Morgan fingerprint density at radius 3 is 2.10 bits per heavy atom. The van der Waals surface area contributed by atoms with Gasteiger partial charge in [-0.3, -0.25) is 9.59 Å². The van der Waals surface area contributed by atoms with Gasteiger partial charge in [0.15, 0.2) is 11.5 Å². The van der Waals surface area contributed by atoms with Gasteiger partial charge in [0.05, 0.1) is 27.4 Å². The van der Waals surface area contributed by atoms with E-state index in [2.05, 4.69) is 37.4 Å². The van der Waals surface area contributed by atoms with Gasteiger partial charge in [0.1, 0.15) is 12.4 Å². The summed E-state index contributed by atoms with van der Waals surface area (Å²) in [5.74, 6) is 1.11. The number of amides is 1. The van der Waals surface area contributed by atoms with Gasteiger partial charge in [0.2, 0.25) is 5.75 Å². The fraction of sp³-hybridized carbons (Fsp3) is 0.394. The molecule has 0 fully saturated rings. The molecule has 0 aliphatic heterocycles. The quantitative estimate of drug-likeness (QED) is 0.233. The summed E-state index contributed by atoms with van der Waals surface area (Å²) < 4.78 is 22.5. The fourth-order valence-corrected chi connectivity index (χ4v) is 4.95. The summed E-state index contributed by atoms with van der Waals surface area (Å²) in [6.45, 7) is 8.48. The molecule has 8 nitrogen and oxygen atoms in total. The lowest BCUT2D eigenvalue weighted by molar-refractivity contribution is -0.136. The molecule has 3 aromatic carbocycles. The van der Waals surface area contributed by atoms with Crippen LogP contribution in [0.2, 0.25) is 0 Å². The molecule has 3 rings (SSSR count). The summed E-state index contributed by atoms with van der Waals surface area (Å²) >= 11 is 0. The largest absolute Gasteiger partial charge is 0.493 e. The third kappa shape index (κ3) is 8.39. The van der Waals surface area contributed by atoms with Gasteiger partial charge in [0.25, 0.3) is 5.91 Å². The number of carbonyl (C=O) groups is 2. The van der Waals surface area contributed by atoms with Crippen molar-refractivity contribution in [1.82, 2.24) is 5.32 Å². The molecule has 0 bridgehead atoms. The maximum Gasteiger partial charge on any atom is 0.303 e. The zero-order valence-electron chi connectivity index (χ0n) is 25.0. The maximum absolute atomic E-state index is 13.8. The van der Waals surface area contributed by atoms with E-state index >= 15 is 0 Å². The molecule has 0 radical (unpaired) electrons. The Hall–Kier alpha value is -4.20. The van der Waals surface area contributed by atoms with Gasteiger partial charge in [-0.05, 0) is 68.0 Å². The molecule has 1 amide bonds. The van der Waals surface area contributed by atoms with Crippen molar-refractivity contribution in [1.29, 1.82) is 0 Å². The molecule has 0 aromatic heterocycles. The van der Waals surface area contributed by atoms with Crippen LogP contribution >= 0.6 is 0 Å². The molecule has 0 saturated heterocycles. The van der Waals surface area contributed by atoms with Gasteiger partial charge in [0, 0.05) is 17.5 Å². The van der Waals surface area contributed by atoms with E-state index < -0.39 is 5.97 Å². The normalized spacial score (nSPS) is 11.6. The van der Waals surface area contributed by atoms with E-state index in [1.807, 2.05) is 19.9 Å². The van der Waals surface area contributed by atoms with Gasteiger partial charge in [-0.2, -0.15) is 0 Å². The van der Waals surface area contributed by atoms with E-state index in [0.29, 0.717) is 40.0 Å². The predicted molar refractivity (Wildman–Crippen MR) is 158 cm³/mol. The Balaban J connectivity index is 1.93. The zero-order chi connectivity index (χ0) is 30.1. The summed E-state index contributed by atoms with van der Waals surface area (Å²) in [4.78, 5) is 25.1. The SMILES string of the molecule is COc1ccc(COc2ccc(CCC(=O)O)c(C(=O)NC(CC(C)C)c3cc(C)cc(C)c3)c2)c(OC)c1OC. The van der Waals surface area contributed by atoms with Crippen molar-refractivity contribution < 1.29 is 33.6 Å². The van der Waals surface area contributed by atoms with E-state index in [1.54, 1.807) is 38.5 Å². The molecule has 1 atom stereocenters.